The zero-order chi connectivity index (χ0) is 8.53. The molecule has 0 bridgehead atoms. The van der Waals surface area contributed by atoms with E-state index in [1.165, 1.54) is 0 Å². The minimum atomic E-state index is 0.298. The van der Waals surface area contributed by atoms with E-state index in [0.717, 1.165) is 13.0 Å². The highest BCUT2D eigenvalue weighted by atomic mass is 35.5. The van der Waals surface area contributed by atoms with Crippen LogP contribution in [0.25, 0.3) is 0 Å². The molecule has 3 heteroatoms. The van der Waals surface area contributed by atoms with Crippen LogP contribution in [-0.2, 0) is 9.47 Å². The fourth-order valence-electron chi connectivity index (χ4n) is 0.601. The van der Waals surface area contributed by atoms with E-state index in [2.05, 4.69) is 0 Å². The van der Waals surface area contributed by atoms with Crippen molar-refractivity contribution in [3.8, 4) is 0 Å². The van der Waals surface area contributed by atoms with E-state index in [9.17, 15) is 0 Å². The summed E-state index contributed by atoms with van der Waals surface area (Å²) in [5.74, 6) is 0.672. The third-order valence-electron chi connectivity index (χ3n) is 1.10. The lowest BCUT2D eigenvalue weighted by Gasteiger charge is -2.07. The lowest BCUT2D eigenvalue weighted by Crippen LogP contribution is -2.10. The molecular weight excluding hydrogens is 164 g/mol. The Balaban J connectivity index is 2.80. The molecule has 68 valence electrons. The first-order chi connectivity index (χ1) is 5.27. The lowest BCUT2D eigenvalue weighted by molar-refractivity contribution is 0.0199. The first kappa shape index (κ1) is 11.2. The molecule has 0 radical (unpaired) electrons. The van der Waals surface area contributed by atoms with E-state index >= 15 is 0 Å². The summed E-state index contributed by atoms with van der Waals surface area (Å²) < 4.78 is 10.5. The van der Waals surface area contributed by atoms with E-state index in [1.807, 2.05) is 13.8 Å². The van der Waals surface area contributed by atoms with Crippen LogP contribution >= 0.6 is 11.6 Å². The normalized spacial score (nSPS) is 10.9. The molecule has 0 unspecified atom stereocenters. The maximum Gasteiger partial charge on any atom is 0.0703 e. The average molecular weight is 181 g/mol. The van der Waals surface area contributed by atoms with E-state index in [-0.39, 0.29) is 0 Å². The van der Waals surface area contributed by atoms with Gasteiger partial charge in [-0.15, -0.1) is 11.6 Å². The van der Waals surface area contributed by atoms with Gasteiger partial charge in [0.2, 0.25) is 0 Å². The second-order valence-corrected chi connectivity index (χ2v) is 2.95. The van der Waals surface area contributed by atoms with Gasteiger partial charge >= 0.3 is 0 Å². The van der Waals surface area contributed by atoms with Crippen molar-refractivity contribution in [3.63, 3.8) is 0 Å². The molecule has 0 saturated heterocycles. The van der Waals surface area contributed by atoms with Crippen molar-refractivity contribution in [2.45, 2.75) is 26.4 Å². The zero-order valence-electron chi connectivity index (χ0n) is 7.31. The Morgan fingerprint density at radius 3 is 2.45 bits per heavy atom. The van der Waals surface area contributed by atoms with Gasteiger partial charge in [-0.25, -0.2) is 0 Å². The predicted molar refractivity (Wildman–Crippen MR) is 47.2 cm³/mol. The van der Waals surface area contributed by atoms with Gasteiger partial charge in [0.1, 0.15) is 0 Å². The molecule has 0 saturated carbocycles. The first-order valence-corrected chi connectivity index (χ1v) is 4.56. The second kappa shape index (κ2) is 8.31. The molecule has 0 spiro atoms. The van der Waals surface area contributed by atoms with Crippen LogP contribution < -0.4 is 0 Å². The molecule has 0 aliphatic heterocycles. The molecule has 0 N–H and O–H groups in total. The van der Waals surface area contributed by atoms with Gasteiger partial charge in [0, 0.05) is 12.5 Å². The van der Waals surface area contributed by atoms with Gasteiger partial charge in [-0.3, -0.25) is 0 Å². The molecule has 0 aromatic rings. The maximum atomic E-state index is 5.45. The number of halogens is 1. The van der Waals surface area contributed by atoms with Crippen molar-refractivity contribution in [1.29, 1.82) is 0 Å². The highest BCUT2D eigenvalue weighted by molar-refractivity contribution is 6.17. The summed E-state index contributed by atoms with van der Waals surface area (Å²) in [6, 6.07) is 0. The highest BCUT2D eigenvalue weighted by Gasteiger charge is 1.92. The smallest absolute Gasteiger partial charge is 0.0703 e. The quantitative estimate of drug-likeness (QED) is 0.441. The predicted octanol–water partition coefficient (Wildman–Crippen LogP) is 2.06. The van der Waals surface area contributed by atoms with Crippen LogP contribution in [0.3, 0.4) is 0 Å². The van der Waals surface area contributed by atoms with Crippen molar-refractivity contribution in [3.05, 3.63) is 0 Å². The van der Waals surface area contributed by atoms with Gasteiger partial charge in [0.25, 0.3) is 0 Å². The van der Waals surface area contributed by atoms with Gasteiger partial charge in [-0.2, -0.15) is 0 Å². The first-order valence-electron chi connectivity index (χ1n) is 4.02. The summed E-state index contributed by atoms with van der Waals surface area (Å²) >= 11 is 5.45. The monoisotopic (exact) mass is 180 g/mol. The van der Waals surface area contributed by atoms with Crippen LogP contribution in [0.4, 0.5) is 0 Å². The molecule has 2 nitrogen and oxygen atoms in total. The Kier molecular flexibility index (Phi) is 8.47. The van der Waals surface area contributed by atoms with Crippen LogP contribution in [0.2, 0.25) is 0 Å². The van der Waals surface area contributed by atoms with Gasteiger partial charge < -0.3 is 9.47 Å². The fourth-order valence-corrected chi connectivity index (χ4v) is 0.711. The number of alkyl halides is 1. The topological polar surface area (TPSA) is 18.5 Å². The number of rotatable bonds is 7. The minimum Gasteiger partial charge on any atom is -0.379 e. The zero-order valence-corrected chi connectivity index (χ0v) is 8.06. The molecule has 0 atom stereocenters. The summed E-state index contributed by atoms with van der Waals surface area (Å²) in [6.45, 7) is 6.12. The van der Waals surface area contributed by atoms with Crippen LogP contribution in [0.15, 0.2) is 0 Å². The molecule has 11 heavy (non-hydrogen) atoms. The fraction of sp³-hybridized carbons (Fsp3) is 1.00. The number of hydrogen-bond acceptors (Lipinski definition) is 2. The molecule has 0 aliphatic carbocycles. The van der Waals surface area contributed by atoms with Gasteiger partial charge in [0.05, 0.1) is 19.3 Å². The summed E-state index contributed by atoms with van der Waals surface area (Å²) in [6.07, 6.45) is 1.22. The van der Waals surface area contributed by atoms with Gasteiger partial charge in [-0.05, 0) is 20.3 Å². The van der Waals surface area contributed by atoms with Crippen LogP contribution in [0.5, 0.6) is 0 Å². The summed E-state index contributed by atoms with van der Waals surface area (Å²) in [5.41, 5.74) is 0. The molecule has 0 rings (SSSR count). The summed E-state index contributed by atoms with van der Waals surface area (Å²) in [4.78, 5) is 0. The van der Waals surface area contributed by atoms with Crippen molar-refractivity contribution in [2.24, 2.45) is 0 Å². The van der Waals surface area contributed by atoms with Crippen molar-refractivity contribution < 1.29 is 9.47 Å². The van der Waals surface area contributed by atoms with E-state index in [1.54, 1.807) is 0 Å². The van der Waals surface area contributed by atoms with Crippen LogP contribution in [0.1, 0.15) is 20.3 Å². The lowest BCUT2D eigenvalue weighted by atomic mass is 10.5. The summed E-state index contributed by atoms with van der Waals surface area (Å²) in [7, 11) is 0. The Morgan fingerprint density at radius 1 is 1.18 bits per heavy atom. The van der Waals surface area contributed by atoms with Crippen molar-refractivity contribution in [1.82, 2.24) is 0 Å². The number of hydrogen-bond donors (Lipinski definition) is 0. The number of ether oxygens (including phenoxy) is 2. The Bertz CT molecular complexity index is 76.5. The van der Waals surface area contributed by atoms with Crippen molar-refractivity contribution in [2.75, 3.05) is 25.7 Å². The average Bonchev–Trinajstić information content (AvgIpc) is 1.96. The standard InChI is InChI=1S/C8H17ClO2/c1-8(2)11-7-6-10-5-3-4-9/h8H,3-7H2,1-2H3. The Labute approximate surface area is 73.8 Å². The van der Waals surface area contributed by atoms with Gasteiger partial charge in [-0.1, -0.05) is 0 Å². The van der Waals surface area contributed by atoms with E-state index < -0.39 is 0 Å². The molecule has 0 fully saturated rings. The molecule has 0 amide bonds. The largest absolute Gasteiger partial charge is 0.379 e. The minimum absolute atomic E-state index is 0.298. The molecular formula is C8H17ClO2. The second-order valence-electron chi connectivity index (χ2n) is 2.57. The van der Waals surface area contributed by atoms with E-state index in [0.29, 0.717) is 25.2 Å². The third kappa shape index (κ3) is 10.2. The molecule has 0 heterocycles. The van der Waals surface area contributed by atoms with E-state index in [4.69, 9.17) is 21.1 Å². The maximum absolute atomic E-state index is 5.45. The summed E-state index contributed by atoms with van der Waals surface area (Å²) in [5, 5.41) is 0. The van der Waals surface area contributed by atoms with Crippen LogP contribution in [0, 0.1) is 0 Å². The molecule has 0 aromatic carbocycles. The third-order valence-corrected chi connectivity index (χ3v) is 1.37. The highest BCUT2D eigenvalue weighted by Crippen LogP contribution is 1.89. The molecule has 0 aromatic heterocycles. The Hall–Kier alpha value is 0.210. The Morgan fingerprint density at radius 2 is 1.91 bits per heavy atom. The molecule has 0 aliphatic rings. The van der Waals surface area contributed by atoms with Crippen LogP contribution in [-0.4, -0.2) is 31.8 Å². The van der Waals surface area contributed by atoms with Gasteiger partial charge in [0.15, 0.2) is 0 Å². The van der Waals surface area contributed by atoms with Crippen molar-refractivity contribution >= 4 is 11.6 Å². The SMILES string of the molecule is CC(C)OCCOCCCCl.